The van der Waals surface area contributed by atoms with Crippen LogP contribution in [0, 0.1) is 11.6 Å². The average Bonchev–Trinajstić information content (AvgIpc) is 2.30. The number of carbonyl (C=O) groups excluding carboxylic acids is 1. The van der Waals surface area contributed by atoms with E-state index in [1.54, 1.807) is 32.7 Å². The number of aliphatic hydroxyl groups is 1. The van der Waals surface area contributed by atoms with Crippen LogP contribution in [0.15, 0.2) is 18.2 Å². The Balaban J connectivity index is 2.68. The van der Waals surface area contributed by atoms with Crippen molar-refractivity contribution >= 4 is 11.6 Å². The second-order valence-corrected chi connectivity index (χ2v) is 5.52. The molecule has 0 saturated heterocycles. The molecule has 1 aromatic rings. The zero-order valence-electron chi connectivity index (χ0n) is 12.1. The van der Waals surface area contributed by atoms with Gasteiger partial charge >= 0.3 is 0 Å². The van der Waals surface area contributed by atoms with Gasteiger partial charge < -0.3 is 10.4 Å². The highest BCUT2D eigenvalue weighted by molar-refractivity contribution is 5.94. The van der Waals surface area contributed by atoms with Crippen molar-refractivity contribution in [3.8, 4) is 0 Å². The van der Waals surface area contributed by atoms with Gasteiger partial charge in [-0.05, 0) is 40.0 Å². The molecule has 1 amide bonds. The Bertz CT molecular complexity index is 487. The molecule has 1 rings (SSSR count). The lowest BCUT2D eigenvalue weighted by atomic mass is 10.1. The number of halogens is 2. The van der Waals surface area contributed by atoms with E-state index in [1.807, 2.05) is 0 Å². The molecule has 0 bridgehead atoms. The number of rotatable bonds is 5. The smallest absolute Gasteiger partial charge is 0.241 e. The van der Waals surface area contributed by atoms with Crippen molar-refractivity contribution in [3.63, 3.8) is 0 Å². The zero-order chi connectivity index (χ0) is 15.5. The monoisotopic (exact) mass is 286 g/mol. The van der Waals surface area contributed by atoms with Crippen LogP contribution in [0.2, 0.25) is 0 Å². The maximum atomic E-state index is 13.0. The molecule has 0 heterocycles. The molecule has 0 aromatic heterocycles. The van der Waals surface area contributed by atoms with Gasteiger partial charge in [-0.3, -0.25) is 9.69 Å². The molecule has 0 radical (unpaired) electrons. The molecule has 2 N–H and O–H groups in total. The molecule has 6 heteroatoms. The average molecular weight is 286 g/mol. The summed E-state index contributed by atoms with van der Waals surface area (Å²) in [5.41, 5.74) is -0.733. The zero-order valence-corrected chi connectivity index (χ0v) is 12.1. The SMILES string of the molecule is CC(C(=O)Nc1ccc(F)c(F)c1)N(C)CC(C)(C)O. The van der Waals surface area contributed by atoms with Crippen molar-refractivity contribution < 1.29 is 18.7 Å². The molecule has 0 fully saturated rings. The summed E-state index contributed by atoms with van der Waals surface area (Å²) in [6, 6.07) is 2.65. The Kier molecular flexibility index (Phi) is 5.19. The summed E-state index contributed by atoms with van der Waals surface area (Å²) in [6.07, 6.45) is 0. The topological polar surface area (TPSA) is 52.6 Å². The van der Waals surface area contributed by atoms with E-state index in [-0.39, 0.29) is 11.6 Å². The fourth-order valence-electron chi connectivity index (χ4n) is 1.77. The van der Waals surface area contributed by atoms with Gasteiger partial charge in [-0.1, -0.05) is 0 Å². The highest BCUT2D eigenvalue weighted by Gasteiger charge is 2.23. The van der Waals surface area contributed by atoms with Crippen molar-refractivity contribution in [1.82, 2.24) is 4.90 Å². The predicted octanol–water partition coefficient (Wildman–Crippen LogP) is 1.99. The number of anilines is 1. The van der Waals surface area contributed by atoms with E-state index < -0.39 is 23.3 Å². The van der Waals surface area contributed by atoms with Gasteiger partial charge in [0.25, 0.3) is 0 Å². The molecule has 4 nitrogen and oxygen atoms in total. The van der Waals surface area contributed by atoms with Gasteiger partial charge in [-0.15, -0.1) is 0 Å². The lowest BCUT2D eigenvalue weighted by Gasteiger charge is -2.29. The summed E-state index contributed by atoms with van der Waals surface area (Å²) < 4.78 is 25.8. The molecule has 112 valence electrons. The van der Waals surface area contributed by atoms with E-state index in [9.17, 15) is 18.7 Å². The van der Waals surface area contributed by atoms with Gasteiger partial charge in [0.15, 0.2) is 11.6 Å². The van der Waals surface area contributed by atoms with Crippen LogP contribution in [0.1, 0.15) is 20.8 Å². The molecule has 0 aliphatic rings. The number of benzene rings is 1. The highest BCUT2D eigenvalue weighted by atomic mass is 19.2. The lowest BCUT2D eigenvalue weighted by Crippen LogP contribution is -2.46. The van der Waals surface area contributed by atoms with E-state index in [0.29, 0.717) is 6.54 Å². The van der Waals surface area contributed by atoms with E-state index in [0.717, 1.165) is 12.1 Å². The first-order valence-corrected chi connectivity index (χ1v) is 6.28. The van der Waals surface area contributed by atoms with E-state index in [1.165, 1.54) is 6.07 Å². The van der Waals surface area contributed by atoms with Gasteiger partial charge in [0.1, 0.15) is 0 Å². The predicted molar refractivity (Wildman–Crippen MR) is 73.4 cm³/mol. The van der Waals surface area contributed by atoms with Crippen LogP contribution in [-0.4, -0.2) is 41.1 Å². The van der Waals surface area contributed by atoms with Gasteiger partial charge in [0.2, 0.25) is 5.91 Å². The van der Waals surface area contributed by atoms with E-state index in [4.69, 9.17) is 0 Å². The molecule has 0 spiro atoms. The summed E-state index contributed by atoms with van der Waals surface area (Å²) in [5, 5.41) is 12.2. The number of nitrogens with zero attached hydrogens (tertiary/aromatic N) is 1. The minimum Gasteiger partial charge on any atom is -0.389 e. The maximum absolute atomic E-state index is 13.0. The Morgan fingerprint density at radius 3 is 2.50 bits per heavy atom. The van der Waals surface area contributed by atoms with Gasteiger partial charge in [0, 0.05) is 18.3 Å². The van der Waals surface area contributed by atoms with Crippen LogP contribution in [0.25, 0.3) is 0 Å². The van der Waals surface area contributed by atoms with Crippen molar-refractivity contribution in [3.05, 3.63) is 29.8 Å². The summed E-state index contributed by atoms with van der Waals surface area (Å²) in [7, 11) is 1.70. The van der Waals surface area contributed by atoms with Crippen LogP contribution in [0.3, 0.4) is 0 Å². The number of carbonyl (C=O) groups is 1. The normalized spacial score (nSPS) is 13.4. The largest absolute Gasteiger partial charge is 0.389 e. The van der Waals surface area contributed by atoms with Crippen molar-refractivity contribution in [2.24, 2.45) is 0 Å². The van der Waals surface area contributed by atoms with Crippen molar-refractivity contribution in [2.75, 3.05) is 18.9 Å². The molecule has 0 aliphatic carbocycles. The summed E-state index contributed by atoms with van der Waals surface area (Å²) >= 11 is 0. The first-order valence-electron chi connectivity index (χ1n) is 6.28. The first kappa shape index (κ1) is 16.5. The number of amides is 1. The van der Waals surface area contributed by atoms with Gasteiger partial charge in [-0.25, -0.2) is 8.78 Å². The number of nitrogens with one attached hydrogen (secondary N) is 1. The second-order valence-electron chi connectivity index (χ2n) is 5.52. The highest BCUT2D eigenvalue weighted by Crippen LogP contribution is 2.14. The molecule has 0 saturated carbocycles. The summed E-state index contributed by atoms with van der Waals surface area (Å²) in [4.78, 5) is 13.7. The Morgan fingerprint density at radius 2 is 2.00 bits per heavy atom. The minimum absolute atomic E-state index is 0.192. The van der Waals surface area contributed by atoms with Crippen LogP contribution >= 0.6 is 0 Å². The third-order valence-corrected chi connectivity index (χ3v) is 2.86. The standard InChI is InChI=1S/C14H20F2N2O2/c1-9(18(4)8-14(2,3)20)13(19)17-10-5-6-11(15)12(16)7-10/h5-7,9,20H,8H2,1-4H3,(H,17,19). The van der Waals surface area contributed by atoms with Crippen LogP contribution in [-0.2, 0) is 4.79 Å². The van der Waals surface area contributed by atoms with Crippen LogP contribution in [0.4, 0.5) is 14.5 Å². The van der Waals surface area contributed by atoms with Gasteiger partial charge in [0.05, 0.1) is 11.6 Å². The van der Waals surface area contributed by atoms with E-state index >= 15 is 0 Å². The molecular weight excluding hydrogens is 266 g/mol. The molecule has 1 unspecified atom stereocenters. The quantitative estimate of drug-likeness (QED) is 0.870. The molecule has 20 heavy (non-hydrogen) atoms. The number of hydrogen-bond donors (Lipinski definition) is 2. The summed E-state index contributed by atoms with van der Waals surface area (Å²) in [6.45, 7) is 5.26. The Hall–Kier alpha value is -1.53. The summed E-state index contributed by atoms with van der Waals surface area (Å²) in [5.74, 6) is -2.33. The third kappa shape index (κ3) is 4.86. The van der Waals surface area contributed by atoms with Gasteiger partial charge in [-0.2, -0.15) is 0 Å². The van der Waals surface area contributed by atoms with Crippen LogP contribution in [0.5, 0.6) is 0 Å². The van der Waals surface area contributed by atoms with Crippen LogP contribution < -0.4 is 5.32 Å². The second kappa shape index (κ2) is 6.28. The number of likely N-dealkylation sites (N-methyl/N-ethyl adjacent to an activating group) is 1. The van der Waals surface area contributed by atoms with E-state index in [2.05, 4.69) is 5.32 Å². The Morgan fingerprint density at radius 1 is 1.40 bits per heavy atom. The molecule has 0 aliphatic heterocycles. The minimum atomic E-state index is -1.01. The number of hydrogen-bond acceptors (Lipinski definition) is 3. The molecule has 1 atom stereocenters. The third-order valence-electron chi connectivity index (χ3n) is 2.86. The lowest BCUT2D eigenvalue weighted by molar-refractivity contribution is -0.121. The van der Waals surface area contributed by atoms with Crippen molar-refractivity contribution in [1.29, 1.82) is 0 Å². The molecular formula is C14H20F2N2O2. The first-order chi connectivity index (χ1) is 9.10. The maximum Gasteiger partial charge on any atom is 0.241 e. The Labute approximate surface area is 117 Å². The molecule has 1 aromatic carbocycles. The fraction of sp³-hybridized carbons (Fsp3) is 0.500. The fourth-order valence-corrected chi connectivity index (χ4v) is 1.77. The van der Waals surface area contributed by atoms with Crippen molar-refractivity contribution in [2.45, 2.75) is 32.4 Å².